The summed E-state index contributed by atoms with van der Waals surface area (Å²) in [6, 6.07) is 3.70. The molecule has 1 aliphatic rings. The van der Waals surface area contributed by atoms with Gasteiger partial charge in [-0.25, -0.2) is 9.98 Å². The summed E-state index contributed by atoms with van der Waals surface area (Å²) in [5.74, 6) is 0.645. The Balaban J connectivity index is 1.93. The van der Waals surface area contributed by atoms with E-state index in [9.17, 15) is 0 Å². The second-order valence-electron chi connectivity index (χ2n) is 4.56. The van der Waals surface area contributed by atoms with Crippen molar-refractivity contribution in [3.8, 4) is 0 Å². The molecule has 0 radical (unpaired) electrons. The van der Waals surface area contributed by atoms with Gasteiger partial charge in [0.25, 0.3) is 0 Å². The molecule has 2 N–H and O–H groups in total. The summed E-state index contributed by atoms with van der Waals surface area (Å²) in [6.45, 7) is 2.61. The molecule has 0 saturated carbocycles. The fourth-order valence-corrected chi connectivity index (χ4v) is 2.18. The maximum atomic E-state index is 6.03. The normalized spacial score (nSPS) is 17.6. The lowest BCUT2D eigenvalue weighted by molar-refractivity contribution is 0.428. The predicted octanol–water partition coefficient (Wildman–Crippen LogP) is 2.43. The molecule has 2 rings (SSSR count). The number of likely N-dealkylation sites (tertiary alicyclic amines) is 1. The van der Waals surface area contributed by atoms with Gasteiger partial charge in [0.1, 0.15) is 5.15 Å². The van der Waals surface area contributed by atoms with Crippen LogP contribution in [-0.2, 0) is 6.54 Å². The molecule has 1 aliphatic heterocycles. The molecule has 0 aromatic carbocycles. The van der Waals surface area contributed by atoms with Gasteiger partial charge in [-0.3, -0.25) is 0 Å². The van der Waals surface area contributed by atoms with Gasteiger partial charge in [0.05, 0.1) is 6.54 Å². The van der Waals surface area contributed by atoms with Crippen LogP contribution in [0.15, 0.2) is 23.3 Å². The summed E-state index contributed by atoms with van der Waals surface area (Å²) in [6.07, 6.45) is 6.74. The van der Waals surface area contributed by atoms with Crippen molar-refractivity contribution in [2.24, 2.45) is 10.7 Å². The maximum absolute atomic E-state index is 6.03. The van der Waals surface area contributed by atoms with Gasteiger partial charge >= 0.3 is 0 Å². The lowest BCUT2D eigenvalue weighted by Crippen LogP contribution is -2.38. The van der Waals surface area contributed by atoms with Crippen molar-refractivity contribution >= 4 is 17.6 Å². The largest absolute Gasteiger partial charge is 0.370 e. The molecule has 0 atom stereocenters. The van der Waals surface area contributed by atoms with E-state index in [4.69, 9.17) is 17.3 Å². The van der Waals surface area contributed by atoms with E-state index in [1.807, 2.05) is 6.07 Å². The number of hydrogen-bond acceptors (Lipinski definition) is 2. The maximum Gasteiger partial charge on any atom is 0.191 e. The molecule has 0 bridgehead atoms. The first-order chi connectivity index (χ1) is 8.75. The zero-order valence-corrected chi connectivity index (χ0v) is 11.2. The molecule has 0 unspecified atom stereocenters. The van der Waals surface area contributed by atoms with Gasteiger partial charge in [-0.05, 0) is 24.5 Å². The minimum Gasteiger partial charge on any atom is -0.370 e. The number of nitrogens with zero attached hydrogens (tertiary/aromatic N) is 3. The summed E-state index contributed by atoms with van der Waals surface area (Å²) in [5, 5.41) is 0.503. The van der Waals surface area contributed by atoms with Gasteiger partial charge in [0.2, 0.25) is 0 Å². The molecule has 4 nitrogen and oxygen atoms in total. The number of nitrogens with two attached hydrogens (primary N) is 1. The Kier molecular flexibility index (Phi) is 4.81. The van der Waals surface area contributed by atoms with Crippen molar-refractivity contribution in [1.29, 1.82) is 0 Å². The minimum atomic E-state index is 0.503. The number of guanidine groups is 1. The highest BCUT2D eigenvalue weighted by Crippen LogP contribution is 2.10. The molecular weight excluding hydrogens is 248 g/mol. The summed E-state index contributed by atoms with van der Waals surface area (Å²) < 4.78 is 0. The van der Waals surface area contributed by atoms with Crippen molar-refractivity contribution < 1.29 is 0 Å². The van der Waals surface area contributed by atoms with E-state index < -0.39 is 0 Å². The average molecular weight is 267 g/mol. The van der Waals surface area contributed by atoms with Gasteiger partial charge in [-0.1, -0.05) is 30.5 Å². The number of aliphatic imine (C=N–C) groups is 1. The minimum absolute atomic E-state index is 0.503. The Morgan fingerprint density at radius 2 is 2.00 bits per heavy atom. The van der Waals surface area contributed by atoms with E-state index in [1.54, 1.807) is 12.3 Å². The van der Waals surface area contributed by atoms with Crippen LogP contribution in [0.2, 0.25) is 5.15 Å². The van der Waals surface area contributed by atoms with Crippen LogP contribution in [0.4, 0.5) is 0 Å². The van der Waals surface area contributed by atoms with Crippen LogP contribution in [0.5, 0.6) is 0 Å². The van der Waals surface area contributed by atoms with Crippen molar-refractivity contribution in [2.45, 2.75) is 32.2 Å². The van der Waals surface area contributed by atoms with Crippen LogP contribution in [0.3, 0.4) is 0 Å². The molecule has 0 amide bonds. The number of rotatable bonds is 2. The average Bonchev–Trinajstić information content (AvgIpc) is 2.66. The van der Waals surface area contributed by atoms with Crippen molar-refractivity contribution in [3.05, 3.63) is 29.0 Å². The van der Waals surface area contributed by atoms with E-state index in [2.05, 4.69) is 14.9 Å². The first kappa shape index (κ1) is 13.1. The molecule has 1 fully saturated rings. The molecular formula is C13H19ClN4. The highest BCUT2D eigenvalue weighted by molar-refractivity contribution is 6.29. The molecule has 0 aliphatic carbocycles. The van der Waals surface area contributed by atoms with Crippen LogP contribution in [0, 0.1) is 0 Å². The quantitative estimate of drug-likeness (QED) is 0.508. The number of pyridine rings is 1. The van der Waals surface area contributed by atoms with Crippen molar-refractivity contribution in [2.75, 3.05) is 13.1 Å². The van der Waals surface area contributed by atoms with E-state index >= 15 is 0 Å². The third-order valence-electron chi connectivity index (χ3n) is 3.14. The Hall–Kier alpha value is -1.29. The van der Waals surface area contributed by atoms with Crippen LogP contribution >= 0.6 is 11.6 Å². The highest BCUT2D eigenvalue weighted by Gasteiger charge is 2.10. The zero-order valence-electron chi connectivity index (χ0n) is 10.5. The highest BCUT2D eigenvalue weighted by atomic mass is 35.5. The molecule has 0 spiro atoms. The Labute approximate surface area is 113 Å². The van der Waals surface area contributed by atoms with Crippen molar-refractivity contribution in [1.82, 2.24) is 9.88 Å². The molecule has 5 heteroatoms. The first-order valence-corrected chi connectivity index (χ1v) is 6.79. The number of aromatic nitrogens is 1. The van der Waals surface area contributed by atoms with Crippen molar-refractivity contribution in [3.63, 3.8) is 0 Å². The number of halogens is 1. The van der Waals surface area contributed by atoms with Gasteiger partial charge in [0, 0.05) is 19.3 Å². The molecule has 1 aromatic heterocycles. The topological polar surface area (TPSA) is 54.5 Å². The third kappa shape index (κ3) is 3.88. The zero-order chi connectivity index (χ0) is 12.8. The monoisotopic (exact) mass is 266 g/mol. The second-order valence-corrected chi connectivity index (χ2v) is 4.95. The van der Waals surface area contributed by atoms with Crippen LogP contribution < -0.4 is 5.73 Å². The fraction of sp³-hybridized carbons (Fsp3) is 0.538. The molecule has 1 aromatic rings. The van der Waals surface area contributed by atoms with E-state index in [0.29, 0.717) is 17.7 Å². The SMILES string of the molecule is NC(=NCc1ccc(Cl)nc1)N1CCCCCC1. The summed E-state index contributed by atoms with van der Waals surface area (Å²) in [4.78, 5) is 10.6. The Bertz CT molecular complexity index is 394. The van der Waals surface area contributed by atoms with Gasteiger partial charge in [-0.2, -0.15) is 0 Å². The summed E-state index contributed by atoms with van der Waals surface area (Å²) in [7, 11) is 0. The van der Waals surface area contributed by atoms with Crippen LogP contribution in [-0.4, -0.2) is 28.9 Å². The fourth-order valence-electron chi connectivity index (χ4n) is 2.07. The number of hydrogen-bond donors (Lipinski definition) is 1. The first-order valence-electron chi connectivity index (χ1n) is 6.41. The predicted molar refractivity (Wildman–Crippen MR) is 74.6 cm³/mol. The Morgan fingerprint density at radius 3 is 2.61 bits per heavy atom. The van der Waals surface area contributed by atoms with Crippen LogP contribution in [0.25, 0.3) is 0 Å². The molecule has 18 heavy (non-hydrogen) atoms. The molecule has 2 heterocycles. The molecule has 1 saturated heterocycles. The van der Waals surface area contributed by atoms with Gasteiger partial charge in [-0.15, -0.1) is 0 Å². The lowest BCUT2D eigenvalue weighted by Gasteiger charge is -2.21. The Morgan fingerprint density at radius 1 is 1.28 bits per heavy atom. The summed E-state index contributed by atoms with van der Waals surface area (Å²) in [5.41, 5.74) is 7.05. The van der Waals surface area contributed by atoms with E-state index in [1.165, 1.54) is 25.7 Å². The third-order valence-corrected chi connectivity index (χ3v) is 3.37. The standard InChI is InChI=1S/C13H19ClN4/c14-12-6-5-11(9-16-12)10-17-13(15)18-7-3-1-2-4-8-18/h5-6,9H,1-4,7-8,10H2,(H2,15,17). The summed E-state index contributed by atoms with van der Waals surface area (Å²) >= 11 is 5.73. The lowest BCUT2D eigenvalue weighted by atomic mass is 10.2. The van der Waals surface area contributed by atoms with Gasteiger partial charge in [0.15, 0.2) is 5.96 Å². The molecule has 98 valence electrons. The van der Waals surface area contributed by atoms with Gasteiger partial charge < -0.3 is 10.6 Å². The van der Waals surface area contributed by atoms with Crippen LogP contribution in [0.1, 0.15) is 31.2 Å². The van der Waals surface area contributed by atoms with E-state index in [-0.39, 0.29) is 0 Å². The second kappa shape index (κ2) is 6.59. The van der Waals surface area contributed by atoms with E-state index in [0.717, 1.165) is 18.7 Å². The smallest absolute Gasteiger partial charge is 0.191 e.